The van der Waals surface area contributed by atoms with Gasteiger partial charge < -0.3 is 5.32 Å². The first-order chi connectivity index (χ1) is 7.37. The fourth-order valence-electron chi connectivity index (χ4n) is 1.93. The smallest absolute Gasteiger partial charge is 0.289 e. The lowest BCUT2D eigenvalue weighted by Crippen LogP contribution is -2.19. The molecular formula is C12H17ClF2N2. The molecule has 0 radical (unpaired) electrons. The van der Waals surface area contributed by atoms with Crippen LogP contribution in [0.1, 0.15) is 38.4 Å². The number of halogens is 3. The van der Waals surface area contributed by atoms with Gasteiger partial charge in [0.15, 0.2) is 0 Å². The zero-order chi connectivity index (χ0) is 12.0. The lowest BCUT2D eigenvalue weighted by atomic mass is 9.88. The summed E-state index contributed by atoms with van der Waals surface area (Å²) in [5.41, 5.74) is 1.65. The predicted octanol–water partition coefficient (Wildman–Crippen LogP) is 3.71. The molecule has 2 heterocycles. The Kier molecular flexibility index (Phi) is 3.67. The molecule has 0 saturated carbocycles. The highest BCUT2D eigenvalue weighted by molar-refractivity contribution is 5.85. The van der Waals surface area contributed by atoms with Crippen LogP contribution in [0.3, 0.4) is 0 Å². The van der Waals surface area contributed by atoms with Gasteiger partial charge in [0.05, 0.1) is 0 Å². The Bertz CT molecular complexity index is 419. The Balaban J connectivity index is 0.00000144. The van der Waals surface area contributed by atoms with Gasteiger partial charge in [0.1, 0.15) is 5.69 Å². The van der Waals surface area contributed by atoms with Crippen molar-refractivity contribution in [3.05, 3.63) is 23.5 Å². The lowest BCUT2D eigenvalue weighted by Gasteiger charge is -2.18. The number of nitrogens with zero attached hydrogens (tertiary/aromatic N) is 1. The van der Waals surface area contributed by atoms with Gasteiger partial charge in [-0.3, -0.25) is 4.98 Å². The van der Waals surface area contributed by atoms with E-state index in [4.69, 9.17) is 0 Å². The third-order valence-electron chi connectivity index (χ3n) is 3.17. The summed E-state index contributed by atoms with van der Waals surface area (Å²) in [5.74, 6) is -2.83. The van der Waals surface area contributed by atoms with E-state index >= 15 is 0 Å². The molecule has 0 amide bonds. The standard InChI is InChI=1S/C12H16F2N2.ClH/c1-4-12(13,14)10-5-9-8(6-15-10)11(2,3)7-16-9;/h5-6,16H,4,7H2,1-3H3;1H. The Labute approximate surface area is 106 Å². The topological polar surface area (TPSA) is 24.9 Å². The lowest BCUT2D eigenvalue weighted by molar-refractivity contribution is -0.0127. The van der Waals surface area contributed by atoms with Crippen LogP contribution in [-0.4, -0.2) is 11.5 Å². The van der Waals surface area contributed by atoms with Gasteiger partial charge >= 0.3 is 0 Å². The van der Waals surface area contributed by atoms with Crippen molar-refractivity contribution in [2.75, 3.05) is 11.9 Å². The Morgan fingerprint density at radius 3 is 2.71 bits per heavy atom. The van der Waals surface area contributed by atoms with Crippen LogP contribution in [0.15, 0.2) is 12.3 Å². The molecule has 0 saturated heterocycles. The number of rotatable bonds is 2. The Morgan fingerprint density at radius 2 is 2.12 bits per heavy atom. The van der Waals surface area contributed by atoms with Gasteiger partial charge in [-0.05, 0) is 6.07 Å². The minimum absolute atomic E-state index is 0. The van der Waals surface area contributed by atoms with E-state index in [9.17, 15) is 8.78 Å². The van der Waals surface area contributed by atoms with E-state index in [1.165, 1.54) is 13.0 Å². The van der Waals surface area contributed by atoms with Crippen LogP contribution in [0.25, 0.3) is 0 Å². The second-order valence-electron chi connectivity index (χ2n) is 4.91. The van der Waals surface area contributed by atoms with Gasteiger partial charge in [0, 0.05) is 35.8 Å². The molecule has 1 N–H and O–H groups in total. The van der Waals surface area contributed by atoms with E-state index < -0.39 is 5.92 Å². The van der Waals surface area contributed by atoms with Crippen LogP contribution in [-0.2, 0) is 11.3 Å². The van der Waals surface area contributed by atoms with Gasteiger partial charge in [-0.25, -0.2) is 0 Å². The molecule has 0 spiro atoms. The minimum atomic E-state index is -2.83. The molecule has 0 bridgehead atoms. The highest BCUT2D eigenvalue weighted by Gasteiger charge is 2.35. The third-order valence-corrected chi connectivity index (χ3v) is 3.17. The number of anilines is 1. The van der Waals surface area contributed by atoms with E-state index in [0.29, 0.717) is 0 Å². The fourth-order valence-corrected chi connectivity index (χ4v) is 1.93. The maximum absolute atomic E-state index is 13.5. The molecule has 96 valence electrons. The third kappa shape index (κ3) is 2.37. The van der Waals surface area contributed by atoms with E-state index in [2.05, 4.69) is 24.1 Å². The number of hydrogen-bond acceptors (Lipinski definition) is 2. The SMILES string of the molecule is CCC(F)(F)c1cc2c(cn1)C(C)(C)CN2.Cl. The van der Waals surface area contributed by atoms with Crippen LogP contribution in [0.2, 0.25) is 0 Å². The minimum Gasteiger partial charge on any atom is -0.384 e. The van der Waals surface area contributed by atoms with E-state index in [0.717, 1.165) is 17.8 Å². The molecule has 1 aliphatic heterocycles. The van der Waals surface area contributed by atoms with Gasteiger partial charge in [0.2, 0.25) is 0 Å². The number of nitrogens with one attached hydrogen (secondary N) is 1. The first-order valence-electron chi connectivity index (χ1n) is 5.49. The quantitative estimate of drug-likeness (QED) is 0.879. The molecule has 0 unspecified atom stereocenters. The van der Waals surface area contributed by atoms with Crippen LogP contribution in [0, 0.1) is 0 Å². The van der Waals surface area contributed by atoms with Gasteiger partial charge in [-0.15, -0.1) is 12.4 Å². The number of fused-ring (bicyclic) bond motifs is 1. The first kappa shape index (κ1) is 14.2. The average molecular weight is 263 g/mol. The summed E-state index contributed by atoms with van der Waals surface area (Å²) >= 11 is 0. The summed E-state index contributed by atoms with van der Waals surface area (Å²) in [4.78, 5) is 3.90. The average Bonchev–Trinajstić information content (AvgIpc) is 2.55. The second kappa shape index (κ2) is 4.41. The molecule has 5 heteroatoms. The maximum Gasteiger partial charge on any atom is 0.289 e. The van der Waals surface area contributed by atoms with Gasteiger partial charge in [0.25, 0.3) is 5.92 Å². The fraction of sp³-hybridized carbons (Fsp3) is 0.583. The molecule has 0 aromatic carbocycles. The largest absolute Gasteiger partial charge is 0.384 e. The van der Waals surface area contributed by atoms with Crippen molar-refractivity contribution in [2.24, 2.45) is 0 Å². The summed E-state index contributed by atoms with van der Waals surface area (Å²) in [6, 6.07) is 1.48. The molecule has 17 heavy (non-hydrogen) atoms. The van der Waals surface area contributed by atoms with Crippen molar-refractivity contribution in [3.63, 3.8) is 0 Å². The predicted molar refractivity (Wildman–Crippen MR) is 67.2 cm³/mol. The number of aromatic nitrogens is 1. The zero-order valence-electron chi connectivity index (χ0n) is 10.2. The Morgan fingerprint density at radius 1 is 1.47 bits per heavy atom. The zero-order valence-corrected chi connectivity index (χ0v) is 11.0. The normalized spacial score (nSPS) is 17.0. The summed E-state index contributed by atoms with van der Waals surface area (Å²) < 4.78 is 26.9. The van der Waals surface area contributed by atoms with Gasteiger partial charge in [-0.1, -0.05) is 20.8 Å². The maximum atomic E-state index is 13.5. The highest BCUT2D eigenvalue weighted by atomic mass is 35.5. The van der Waals surface area contributed by atoms with Crippen molar-refractivity contribution in [1.82, 2.24) is 4.98 Å². The molecule has 0 fully saturated rings. The van der Waals surface area contributed by atoms with Crippen LogP contribution in [0.5, 0.6) is 0 Å². The highest BCUT2D eigenvalue weighted by Crippen LogP contribution is 2.39. The molecular weight excluding hydrogens is 246 g/mol. The molecule has 0 atom stereocenters. The van der Waals surface area contributed by atoms with Gasteiger partial charge in [-0.2, -0.15) is 8.78 Å². The molecule has 1 aromatic heterocycles. The molecule has 1 aromatic rings. The number of pyridine rings is 1. The van der Waals surface area contributed by atoms with Crippen LogP contribution < -0.4 is 5.32 Å². The molecule has 1 aliphatic rings. The summed E-state index contributed by atoms with van der Waals surface area (Å²) in [7, 11) is 0. The molecule has 2 rings (SSSR count). The van der Waals surface area contributed by atoms with Crippen molar-refractivity contribution < 1.29 is 8.78 Å². The van der Waals surface area contributed by atoms with Crippen molar-refractivity contribution in [3.8, 4) is 0 Å². The monoisotopic (exact) mass is 262 g/mol. The van der Waals surface area contributed by atoms with Crippen molar-refractivity contribution in [2.45, 2.75) is 38.5 Å². The van der Waals surface area contributed by atoms with Crippen molar-refractivity contribution >= 4 is 18.1 Å². The summed E-state index contributed by atoms with van der Waals surface area (Å²) in [6.45, 7) is 6.38. The Hall–Kier alpha value is -0.900. The van der Waals surface area contributed by atoms with E-state index in [1.54, 1.807) is 6.20 Å². The molecule has 2 nitrogen and oxygen atoms in total. The summed E-state index contributed by atoms with van der Waals surface area (Å²) in [5, 5.41) is 3.15. The number of hydrogen-bond donors (Lipinski definition) is 1. The first-order valence-corrected chi connectivity index (χ1v) is 5.49. The van der Waals surface area contributed by atoms with E-state index in [1.807, 2.05) is 0 Å². The van der Waals surface area contributed by atoms with Crippen LogP contribution >= 0.6 is 12.4 Å². The molecule has 0 aliphatic carbocycles. The van der Waals surface area contributed by atoms with E-state index in [-0.39, 0.29) is 29.9 Å². The number of alkyl halides is 2. The van der Waals surface area contributed by atoms with Crippen LogP contribution in [0.4, 0.5) is 14.5 Å². The van der Waals surface area contributed by atoms with Crippen molar-refractivity contribution in [1.29, 1.82) is 0 Å². The summed E-state index contributed by atoms with van der Waals surface area (Å²) in [6.07, 6.45) is 1.36. The second-order valence-corrected chi connectivity index (χ2v) is 4.91.